The van der Waals surface area contributed by atoms with E-state index >= 15 is 0 Å². The second-order valence-corrected chi connectivity index (χ2v) is 7.93. The first-order valence-corrected chi connectivity index (χ1v) is 9.69. The lowest BCUT2D eigenvalue weighted by molar-refractivity contribution is -0.170. The Bertz CT molecular complexity index is 721. The summed E-state index contributed by atoms with van der Waals surface area (Å²) in [6.45, 7) is 7.15. The standard InChI is InChI=1S/C23H30N2O2/c1-4-27-20-15-23(24,22(20,2)3)21(26)25-16-19(17-11-7-5-8-12-17)18-13-9-6-10-14-18/h5-14,19-20H,4,15-16,24H2,1-3H3,(H,25,26). The van der Waals surface area contributed by atoms with Gasteiger partial charge in [0.2, 0.25) is 5.91 Å². The summed E-state index contributed by atoms with van der Waals surface area (Å²) in [5.74, 6) is -0.00820. The number of carbonyl (C=O) groups excluding carboxylic acids is 1. The number of hydrogen-bond acceptors (Lipinski definition) is 3. The average molecular weight is 367 g/mol. The molecule has 27 heavy (non-hydrogen) atoms. The second kappa shape index (κ2) is 7.83. The molecule has 1 fully saturated rings. The van der Waals surface area contributed by atoms with Crippen LogP contribution >= 0.6 is 0 Å². The van der Waals surface area contributed by atoms with Crippen molar-refractivity contribution < 1.29 is 9.53 Å². The van der Waals surface area contributed by atoms with Crippen molar-refractivity contribution in [3.8, 4) is 0 Å². The minimum absolute atomic E-state index is 0.0253. The van der Waals surface area contributed by atoms with Crippen molar-refractivity contribution >= 4 is 5.91 Å². The first kappa shape index (κ1) is 19.6. The Hall–Kier alpha value is -2.17. The van der Waals surface area contributed by atoms with Crippen LogP contribution in [-0.2, 0) is 9.53 Å². The summed E-state index contributed by atoms with van der Waals surface area (Å²) >= 11 is 0. The molecule has 2 atom stereocenters. The molecule has 0 heterocycles. The first-order chi connectivity index (χ1) is 12.9. The SMILES string of the molecule is CCOC1CC(N)(C(=O)NCC(c2ccccc2)c2ccccc2)C1(C)C. The molecule has 1 saturated carbocycles. The van der Waals surface area contributed by atoms with Gasteiger partial charge in [-0.05, 0) is 18.1 Å². The van der Waals surface area contributed by atoms with Gasteiger partial charge in [-0.3, -0.25) is 4.79 Å². The van der Waals surface area contributed by atoms with Crippen molar-refractivity contribution in [3.63, 3.8) is 0 Å². The van der Waals surface area contributed by atoms with Crippen LogP contribution in [0.25, 0.3) is 0 Å². The van der Waals surface area contributed by atoms with Gasteiger partial charge in [-0.15, -0.1) is 0 Å². The van der Waals surface area contributed by atoms with Gasteiger partial charge in [-0.25, -0.2) is 0 Å². The molecule has 0 aromatic heterocycles. The monoisotopic (exact) mass is 366 g/mol. The summed E-state index contributed by atoms with van der Waals surface area (Å²) in [5, 5.41) is 3.12. The molecule has 1 aliphatic rings. The maximum absolute atomic E-state index is 13.0. The van der Waals surface area contributed by atoms with Crippen molar-refractivity contribution in [1.29, 1.82) is 0 Å². The van der Waals surface area contributed by atoms with Crippen molar-refractivity contribution in [2.75, 3.05) is 13.2 Å². The molecule has 0 spiro atoms. The quantitative estimate of drug-likeness (QED) is 0.789. The fraction of sp³-hybridized carbons (Fsp3) is 0.435. The molecule has 4 nitrogen and oxygen atoms in total. The molecular weight excluding hydrogens is 336 g/mol. The van der Waals surface area contributed by atoms with Crippen LogP contribution in [0.2, 0.25) is 0 Å². The number of amides is 1. The average Bonchev–Trinajstić information content (AvgIpc) is 2.69. The lowest BCUT2D eigenvalue weighted by atomic mass is 9.54. The highest BCUT2D eigenvalue weighted by molar-refractivity contribution is 5.88. The van der Waals surface area contributed by atoms with Gasteiger partial charge in [0, 0.05) is 30.9 Å². The van der Waals surface area contributed by atoms with Crippen LogP contribution in [0.15, 0.2) is 60.7 Å². The highest BCUT2D eigenvalue weighted by atomic mass is 16.5. The Balaban J connectivity index is 1.74. The molecule has 3 N–H and O–H groups in total. The summed E-state index contributed by atoms with van der Waals surface area (Å²) in [6.07, 6.45) is 0.582. The molecule has 1 aliphatic carbocycles. The topological polar surface area (TPSA) is 64.3 Å². The summed E-state index contributed by atoms with van der Waals surface area (Å²) < 4.78 is 5.74. The van der Waals surface area contributed by atoms with E-state index in [2.05, 4.69) is 29.6 Å². The highest BCUT2D eigenvalue weighted by Crippen LogP contribution is 2.49. The summed E-state index contributed by atoms with van der Waals surface area (Å²) in [5.41, 5.74) is 7.58. The van der Waals surface area contributed by atoms with Crippen LogP contribution in [0.4, 0.5) is 0 Å². The van der Waals surface area contributed by atoms with Gasteiger partial charge in [-0.2, -0.15) is 0 Å². The van der Waals surface area contributed by atoms with Gasteiger partial charge in [-0.1, -0.05) is 74.5 Å². The Morgan fingerprint density at radius 1 is 1.11 bits per heavy atom. The minimum atomic E-state index is -0.898. The summed E-state index contributed by atoms with van der Waals surface area (Å²) in [7, 11) is 0. The van der Waals surface area contributed by atoms with Crippen LogP contribution in [0, 0.1) is 5.41 Å². The molecule has 0 saturated heterocycles. The molecule has 144 valence electrons. The second-order valence-electron chi connectivity index (χ2n) is 7.93. The minimum Gasteiger partial charge on any atom is -0.378 e. The molecule has 2 unspecified atom stereocenters. The predicted octanol–water partition coefficient (Wildman–Crippen LogP) is 3.47. The van der Waals surface area contributed by atoms with Gasteiger partial charge in [0.25, 0.3) is 0 Å². The number of nitrogens with one attached hydrogen (secondary N) is 1. The molecule has 2 aromatic rings. The third-order valence-corrected chi connectivity index (χ3v) is 6.11. The third-order valence-electron chi connectivity index (χ3n) is 6.11. The Morgan fingerprint density at radius 2 is 1.63 bits per heavy atom. The Kier molecular flexibility index (Phi) is 5.68. The normalized spacial score (nSPS) is 23.7. The van der Waals surface area contributed by atoms with Crippen LogP contribution < -0.4 is 11.1 Å². The molecule has 4 heteroatoms. The van der Waals surface area contributed by atoms with Gasteiger partial charge in [0.1, 0.15) is 5.54 Å². The van der Waals surface area contributed by atoms with E-state index in [0.717, 1.165) is 0 Å². The van der Waals surface area contributed by atoms with E-state index in [1.807, 2.05) is 57.2 Å². The zero-order valence-corrected chi connectivity index (χ0v) is 16.4. The van der Waals surface area contributed by atoms with Crippen molar-refractivity contribution in [2.45, 2.75) is 44.8 Å². The van der Waals surface area contributed by atoms with E-state index in [0.29, 0.717) is 19.6 Å². The lowest BCUT2D eigenvalue weighted by Gasteiger charge is -2.57. The predicted molar refractivity (Wildman–Crippen MR) is 108 cm³/mol. The third kappa shape index (κ3) is 3.64. The van der Waals surface area contributed by atoms with Crippen LogP contribution in [0.3, 0.4) is 0 Å². The summed E-state index contributed by atoms with van der Waals surface area (Å²) in [6, 6.07) is 20.5. The lowest BCUT2D eigenvalue weighted by Crippen LogP contribution is -2.75. The first-order valence-electron chi connectivity index (χ1n) is 9.69. The van der Waals surface area contributed by atoms with Gasteiger partial charge in [0.15, 0.2) is 0 Å². The Morgan fingerprint density at radius 3 is 2.07 bits per heavy atom. The van der Waals surface area contributed by atoms with E-state index in [1.54, 1.807) is 0 Å². The van der Waals surface area contributed by atoms with E-state index in [-0.39, 0.29) is 23.3 Å². The van der Waals surface area contributed by atoms with E-state index in [9.17, 15) is 4.79 Å². The molecule has 1 amide bonds. The van der Waals surface area contributed by atoms with E-state index in [4.69, 9.17) is 10.5 Å². The molecule has 2 aromatic carbocycles. The molecule has 0 bridgehead atoms. The number of ether oxygens (including phenoxy) is 1. The number of benzene rings is 2. The van der Waals surface area contributed by atoms with Crippen molar-refractivity contribution in [2.24, 2.45) is 11.1 Å². The number of rotatable bonds is 7. The largest absolute Gasteiger partial charge is 0.378 e. The molecule has 0 aliphatic heterocycles. The fourth-order valence-electron chi connectivity index (χ4n) is 3.97. The van der Waals surface area contributed by atoms with Crippen molar-refractivity contribution in [1.82, 2.24) is 5.32 Å². The van der Waals surface area contributed by atoms with Crippen molar-refractivity contribution in [3.05, 3.63) is 71.8 Å². The van der Waals surface area contributed by atoms with Crippen LogP contribution in [0.1, 0.15) is 44.2 Å². The number of hydrogen-bond donors (Lipinski definition) is 2. The zero-order chi connectivity index (χ0) is 19.5. The molecule has 3 rings (SSSR count). The van der Waals surface area contributed by atoms with Gasteiger partial charge < -0.3 is 15.8 Å². The van der Waals surface area contributed by atoms with E-state index in [1.165, 1.54) is 11.1 Å². The molecule has 0 radical (unpaired) electrons. The fourth-order valence-corrected chi connectivity index (χ4v) is 3.97. The number of carbonyl (C=O) groups is 1. The van der Waals surface area contributed by atoms with E-state index < -0.39 is 5.54 Å². The van der Waals surface area contributed by atoms with Crippen LogP contribution in [-0.4, -0.2) is 30.7 Å². The van der Waals surface area contributed by atoms with Crippen LogP contribution in [0.5, 0.6) is 0 Å². The summed E-state index contributed by atoms with van der Waals surface area (Å²) in [4.78, 5) is 13.0. The van der Waals surface area contributed by atoms with Gasteiger partial charge >= 0.3 is 0 Å². The maximum Gasteiger partial charge on any atom is 0.240 e. The highest BCUT2D eigenvalue weighted by Gasteiger charge is 2.62. The molecular formula is C23H30N2O2. The maximum atomic E-state index is 13.0. The number of nitrogens with two attached hydrogens (primary N) is 1. The zero-order valence-electron chi connectivity index (χ0n) is 16.4. The smallest absolute Gasteiger partial charge is 0.240 e. The van der Waals surface area contributed by atoms with Gasteiger partial charge in [0.05, 0.1) is 6.10 Å². The Labute approximate surface area is 162 Å².